The third kappa shape index (κ3) is 11.5. The summed E-state index contributed by atoms with van der Waals surface area (Å²) in [5, 5.41) is 0. The van der Waals surface area contributed by atoms with Crippen LogP contribution >= 0.6 is 15.9 Å². The molecule has 0 saturated carbocycles. The number of hydrogen-bond acceptors (Lipinski definition) is 5. The van der Waals surface area contributed by atoms with E-state index in [0.717, 1.165) is 18.2 Å². The van der Waals surface area contributed by atoms with E-state index in [2.05, 4.69) is 51.4 Å². The fourth-order valence-electron chi connectivity index (χ4n) is 3.74. The highest BCUT2D eigenvalue weighted by Crippen LogP contribution is 2.40. The maximum absolute atomic E-state index is 13.8. The van der Waals surface area contributed by atoms with Crippen LogP contribution in [0.5, 0.6) is 5.75 Å². The summed E-state index contributed by atoms with van der Waals surface area (Å²) in [7, 11) is -4.57. The number of ether oxygens (including phenoxy) is 1. The molecule has 0 unspecified atom stereocenters. The van der Waals surface area contributed by atoms with Gasteiger partial charge in [0.2, 0.25) is 0 Å². The molecule has 0 atom stereocenters. The van der Waals surface area contributed by atoms with Gasteiger partial charge in [-0.05, 0) is 47.5 Å². The maximum atomic E-state index is 13.8. The third-order valence-electron chi connectivity index (χ3n) is 5.58. The minimum absolute atomic E-state index is 0.0300. The summed E-state index contributed by atoms with van der Waals surface area (Å²) in [6.45, 7) is 4.22. The average molecular weight is 759 g/mol. The van der Waals surface area contributed by atoms with Crippen molar-refractivity contribution in [3.05, 3.63) is 84.1 Å². The summed E-state index contributed by atoms with van der Waals surface area (Å²) in [6.07, 6.45) is -15.2. The highest BCUT2D eigenvalue weighted by atomic mass is 79.9. The highest BCUT2D eigenvalue weighted by molar-refractivity contribution is 9.10. The van der Waals surface area contributed by atoms with Crippen molar-refractivity contribution in [1.82, 2.24) is 9.97 Å². The molecule has 3 aromatic carbocycles. The normalized spacial score (nSPS) is 12.7. The van der Waals surface area contributed by atoms with Crippen LogP contribution in [0.1, 0.15) is 32.0 Å². The number of alkyl halides is 10. The Morgan fingerprint density at radius 1 is 0.723 bits per heavy atom. The van der Waals surface area contributed by atoms with E-state index in [0.29, 0.717) is 22.5 Å². The number of aromatic nitrogens is 2. The fraction of sp³-hybridized carbons (Fsp3) is 0.267. The lowest BCUT2D eigenvalue weighted by molar-refractivity contribution is -0.158. The monoisotopic (exact) mass is 758 g/mol. The van der Waals surface area contributed by atoms with Gasteiger partial charge in [0, 0.05) is 15.5 Å². The van der Waals surface area contributed by atoms with Crippen LogP contribution in [-0.4, -0.2) is 40.0 Å². The molecule has 0 saturated heterocycles. The molecule has 1 N–H and O–H groups in total. The first kappa shape index (κ1) is 37.8. The first-order chi connectivity index (χ1) is 21.3. The van der Waals surface area contributed by atoms with Crippen molar-refractivity contribution >= 4 is 26.0 Å². The number of hydrogen-bond donors (Lipinski definition) is 1. The van der Waals surface area contributed by atoms with Crippen LogP contribution in [0.15, 0.2) is 77.7 Å². The Bertz CT molecular complexity index is 1830. The molecule has 254 valence electrons. The van der Waals surface area contributed by atoms with E-state index in [1.807, 2.05) is 0 Å². The lowest BCUT2D eigenvalue weighted by Crippen LogP contribution is -2.21. The molecule has 47 heavy (non-hydrogen) atoms. The van der Waals surface area contributed by atoms with Crippen LogP contribution in [0.25, 0.3) is 33.8 Å². The van der Waals surface area contributed by atoms with Gasteiger partial charge in [0.05, 0.1) is 16.2 Å². The van der Waals surface area contributed by atoms with Crippen LogP contribution in [-0.2, 0) is 22.5 Å². The second kappa shape index (κ2) is 13.8. The Morgan fingerprint density at radius 2 is 1.28 bits per heavy atom. The Kier molecular flexibility index (Phi) is 11.1. The second-order valence-electron chi connectivity index (χ2n) is 10.7. The van der Waals surface area contributed by atoms with Crippen molar-refractivity contribution in [3.8, 4) is 39.5 Å². The summed E-state index contributed by atoms with van der Waals surface area (Å²) >= 11 is 3.38. The van der Waals surface area contributed by atoms with Crippen molar-refractivity contribution in [1.29, 1.82) is 0 Å². The molecular weight excluding hydrogens is 735 g/mol. The van der Waals surface area contributed by atoms with E-state index in [-0.39, 0.29) is 16.7 Å². The fourth-order valence-corrected chi connectivity index (χ4v) is 4.26. The zero-order valence-corrected chi connectivity index (χ0v) is 26.8. The van der Waals surface area contributed by atoms with Crippen LogP contribution < -0.4 is 4.74 Å². The molecule has 0 aliphatic carbocycles. The van der Waals surface area contributed by atoms with Gasteiger partial charge < -0.3 is 4.74 Å². The summed E-state index contributed by atoms with van der Waals surface area (Å²) in [4.78, 5) is 7.07. The lowest BCUT2D eigenvalue weighted by atomic mass is 10.0. The van der Waals surface area contributed by atoms with Gasteiger partial charge in [-0.1, -0.05) is 73.1 Å². The standard InChI is InChI=1S/C26H15F9N2O4S.C4H9Br/c27-24(28,29)13-41-21-11-16(7-8-19(21)25(30,31)32)20-12-22(26(33,34)35)37-23(36-20)17-5-1-3-14(9-17)15-4-2-6-18(10-15)42(38,39)40;1-4(2,3)5/h1-12H,13H2,(H,38,39,40);1-3H3. The SMILES string of the molecule is CC(C)(C)Br.O=S(=O)(O)c1cccc(-c2cccc(-c3nc(-c4ccc(C(F)(F)F)c(OCC(F)(F)F)c4)cc(C(F)(F)F)n3)c2)c1. The minimum atomic E-state index is -5.14. The summed E-state index contributed by atoms with van der Waals surface area (Å²) in [5.74, 6) is -1.82. The van der Waals surface area contributed by atoms with E-state index in [4.69, 9.17) is 0 Å². The van der Waals surface area contributed by atoms with Gasteiger partial charge in [0.25, 0.3) is 10.1 Å². The zero-order chi connectivity index (χ0) is 35.6. The van der Waals surface area contributed by atoms with Gasteiger partial charge in [-0.3, -0.25) is 4.55 Å². The number of rotatable bonds is 6. The van der Waals surface area contributed by atoms with Gasteiger partial charge in [-0.15, -0.1) is 0 Å². The van der Waals surface area contributed by atoms with Crippen LogP contribution in [0, 0.1) is 0 Å². The Labute approximate surface area is 271 Å². The van der Waals surface area contributed by atoms with Gasteiger partial charge >= 0.3 is 18.5 Å². The first-order valence-corrected chi connectivity index (χ1v) is 15.3. The molecule has 0 aliphatic rings. The van der Waals surface area contributed by atoms with E-state index in [1.165, 1.54) is 36.4 Å². The molecule has 0 bridgehead atoms. The molecule has 0 amide bonds. The third-order valence-corrected chi connectivity index (χ3v) is 6.43. The smallest absolute Gasteiger partial charge is 0.433 e. The molecule has 1 aromatic heterocycles. The number of halogens is 10. The zero-order valence-electron chi connectivity index (χ0n) is 24.4. The molecule has 1 heterocycles. The van der Waals surface area contributed by atoms with Crippen molar-refractivity contribution < 1.29 is 57.2 Å². The molecular formula is C30H24BrF9N2O4S. The van der Waals surface area contributed by atoms with Crippen molar-refractivity contribution in [2.24, 2.45) is 0 Å². The van der Waals surface area contributed by atoms with Crippen LogP contribution in [0.2, 0.25) is 0 Å². The molecule has 17 heteroatoms. The molecule has 0 radical (unpaired) electrons. The molecule has 6 nitrogen and oxygen atoms in total. The van der Waals surface area contributed by atoms with E-state index in [9.17, 15) is 52.5 Å². The number of benzene rings is 3. The number of nitrogens with zero attached hydrogens (tertiary/aromatic N) is 2. The Balaban J connectivity index is 0.00000111. The van der Waals surface area contributed by atoms with Gasteiger partial charge in [-0.25, -0.2) is 9.97 Å². The second-order valence-corrected chi connectivity index (χ2v) is 14.5. The molecule has 4 aromatic rings. The summed E-state index contributed by atoms with van der Waals surface area (Å²) < 4.78 is 156. The maximum Gasteiger partial charge on any atom is 0.433 e. The van der Waals surface area contributed by atoms with Gasteiger partial charge in [0.1, 0.15) is 11.4 Å². The molecule has 0 aliphatic heterocycles. The minimum Gasteiger partial charge on any atom is -0.483 e. The Hall–Kier alpha value is -3.70. The molecule has 0 spiro atoms. The predicted molar refractivity (Wildman–Crippen MR) is 158 cm³/mol. The van der Waals surface area contributed by atoms with E-state index < -0.39 is 74.2 Å². The quantitative estimate of drug-likeness (QED) is 0.120. The van der Waals surface area contributed by atoms with Crippen molar-refractivity contribution in [3.63, 3.8) is 0 Å². The lowest BCUT2D eigenvalue weighted by Gasteiger charge is -2.17. The van der Waals surface area contributed by atoms with Crippen molar-refractivity contribution in [2.45, 2.75) is 48.5 Å². The molecule has 0 fully saturated rings. The predicted octanol–water partition coefficient (Wildman–Crippen LogP) is 9.88. The topological polar surface area (TPSA) is 89.4 Å². The Morgan fingerprint density at radius 3 is 1.81 bits per heavy atom. The van der Waals surface area contributed by atoms with Crippen LogP contribution in [0.3, 0.4) is 0 Å². The van der Waals surface area contributed by atoms with Crippen molar-refractivity contribution in [2.75, 3.05) is 6.61 Å². The van der Waals surface area contributed by atoms with Gasteiger partial charge in [0.15, 0.2) is 12.4 Å². The average Bonchev–Trinajstić information content (AvgIpc) is 2.93. The molecule has 4 rings (SSSR count). The van der Waals surface area contributed by atoms with E-state index >= 15 is 0 Å². The van der Waals surface area contributed by atoms with E-state index in [1.54, 1.807) is 0 Å². The summed E-state index contributed by atoms with van der Waals surface area (Å²) in [5.41, 5.74) is -3.59. The summed E-state index contributed by atoms with van der Waals surface area (Å²) in [6, 6.07) is 12.5. The first-order valence-electron chi connectivity index (χ1n) is 13.1. The largest absolute Gasteiger partial charge is 0.483 e. The van der Waals surface area contributed by atoms with Gasteiger partial charge in [-0.2, -0.15) is 47.9 Å². The van der Waals surface area contributed by atoms with Crippen LogP contribution in [0.4, 0.5) is 39.5 Å². The highest BCUT2D eigenvalue weighted by Gasteiger charge is 2.37.